The van der Waals surface area contributed by atoms with Gasteiger partial charge in [0.15, 0.2) is 5.82 Å². The quantitative estimate of drug-likeness (QED) is 0.639. The first-order chi connectivity index (χ1) is 9.11. The zero-order valence-electron chi connectivity index (χ0n) is 11.6. The van der Waals surface area contributed by atoms with Gasteiger partial charge in [0.25, 0.3) is 5.69 Å². The highest BCUT2D eigenvalue weighted by molar-refractivity contribution is 5.93. The molecule has 1 aromatic rings. The summed E-state index contributed by atoms with van der Waals surface area (Å²) in [5, 5.41) is 22.4. The Morgan fingerprint density at radius 1 is 1.45 bits per heavy atom. The highest BCUT2D eigenvalue weighted by Gasteiger charge is 2.23. The maximum Gasteiger partial charge on any atom is 0.342 e. The van der Waals surface area contributed by atoms with Gasteiger partial charge < -0.3 is 10.4 Å². The Hall–Kier alpha value is -2.18. The average Bonchev–Trinajstić information content (AvgIpc) is 2.28. The van der Waals surface area contributed by atoms with Crippen molar-refractivity contribution >= 4 is 17.3 Å². The summed E-state index contributed by atoms with van der Waals surface area (Å²) >= 11 is 0. The second-order valence-electron chi connectivity index (χ2n) is 5.65. The highest BCUT2D eigenvalue weighted by Crippen LogP contribution is 2.27. The fourth-order valence-corrected chi connectivity index (χ4v) is 1.59. The molecule has 0 radical (unpaired) electrons. The van der Waals surface area contributed by atoms with Crippen molar-refractivity contribution in [2.75, 3.05) is 11.9 Å². The maximum absolute atomic E-state index is 13.7. The maximum atomic E-state index is 13.7. The van der Waals surface area contributed by atoms with Gasteiger partial charge in [-0.05, 0) is 17.9 Å². The van der Waals surface area contributed by atoms with Crippen LogP contribution in [0.15, 0.2) is 12.1 Å². The average molecular weight is 284 g/mol. The fraction of sp³-hybridized carbons (Fsp3) is 0.462. The molecule has 110 valence electrons. The van der Waals surface area contributed by atoms with Gasteiger partial charge in [-0.2, -0.15) is 0 Å². The van der Waals surface area contributed by atoms with Crippen molar-refractivity contribution in [2.24, 2.45) is 5.41 Å². The number of nitrogens with one attached hydrogen (secondary N) is 1. The summed E-state index contributed by atoms with van der Waals surface area (Å²) in [7, 11) is 0. The van der Waals surface area contributed by atoms with Crippen molar-refractivity contribution in [1.29, 1.82) is 0 Å². The first-order valence-electron chi connectivity index (χ1n) is 6.07. The van der Waals surface area contributed by atoms with E-state index < -0.39 is 28.0 Å². The van der Waals surface area contributed by atoms with E-state index in [-0.39, 0.29) is 11.1 Å². The Labute approximate surface area is 115 Å². The van der Waals surface area contributed by atoms with E-state index in [9.17, 15) is 19.3 Å². The molecule has 20 heavy (non-hydrogen) atoms. The molecule has 0 saturated heterocycles. The Kier molecular flexibility index (Phi) is 4.65. The highest BCUT2D eigenvalue weighted by atomic mass is 19.1. The second kappa shape index (κ2) is 5.85. The molecule has 0 unspecified atom stereocenters. The molecule has 0 aromatic heterocycles. The van der Waals surface area contributed by atoms with Crippen LogP contribution in [0.3, 0.4) is 0 Å². The number of nitro groups is 1. The predicted molar refractivity (Wildman–Crippen MR) is 72.6 cm³/mol. The lowest BCUT2D eigenvalue weighted by Crippen LogP contribution is -2.14. The molecule has 7 heteroatoms. The number of aromatic carboxylic acids is 1. The van der Waals surface area contributed by atoms with E-state index in [0.717, 1.165) is 12.5 Å². The molecule has 1 aromatic carbocycles. The number of nitro benzene ring substituents is 1. The molecular weight excluding hydrogens is 267 g/mol. The minimum Gasteiger partial charge on any atom is -0.477 e. The van der Waals surface area contributed by atoms with Crippen LogP contribution in [0.4, 0.5) is 15.8 Å². The SMILES string of the molecule is CC(C)(C)CCNc1cc(C(=O)O)c([N+](=O)[O-])cc1F. The zero-order valence-corrected chi connectivity index (χ0v) is 11.6. The summed E-state index contributed by atoms with van der Waals surface area (Å²) in [5.41, 5.74) is -1.29. The Balaban J connectivity index is 3.01. The first-order valence-corrected chi connectivity index (χ1v) is 6.07. The summed E-state index contributed by atoms with van der Waals surface area (Å²) < 4.78 is 13.7. The molecule has 0 heterocycles. The van der Waals surface area contributed by atoms with Crippen LogP contribution in [0.2, 0.25) is 0 Å². The van der Waals surface area contributed by atoms with E-state index in [1.165, 1.54) is 0 Å². The van der Waals surface area contributed by atoms with E-state index in [1.54, 1.807) is 0 Å². The number of hydrogen-bond acceptors (Lipinski definition) is 4. The molecule has 0 bridgehead atoms. The lowest BCUT2D eigenvalue weighted by atomic mass is 9.92. The standard InChI is InChI=1S/C13H17FN2O4/c1-13(2,3)4-5-15-10-6-8(12(17)18)11(16(19)20)7-9(10)14/h6-7,15H,4-5H2,1-3H3,(H,17,18). The number of rotatable bonds is 5. The summed E-state index contributed by atoms with van der Waals surface area (Å²) in [6.07, 6.45) is 0.742. The number of anilines is 1. The van der Waals surface area contributed by atoms with E-state index in [2.05, 4.69) is 5.32 Å². The third-order valence-corrected chi connectivity index (χ3v) is 2.70. The number of carbonyl (C=O) groups is 1. The predicted octanol–water partition coefficient (Wildman–Crippen LogP) is 3.28. The van der Waals surface area contributed by atoms with Crippen LogP contribution >= 0.6 is 0 Å². The van der Waals surface area contributed by atoms with E-state index in [0.29, 0.717) is 12.6 Å². The van der Waals surface area contributed by atoms with Gasteiger partial charge in [-0.1, -0.05) is 20.8 Å². The Morgan fingerprint density at radius 2 is 2.05 bits per heavy atom. The van der Waals surface area contributed by atoms with Crippen molar-refractivity contribution in [1.82, 2.24) is 0 Å². The van der Waals surface area contributed by atoms with Gasteiger partial charge in [-0.3, -0.25) is 10.1 Å². The molecule has 1 rings (SSSR count). The van der Waals surface area contributed by atoms with Crippen LogP contribution in [0.25, 0.3) is 0 Å². The van der Waals surface area contributed by atoms with Crippen LogP contribution in [0.1, 0.15) is 37.6 Å². The summed E-state index contributed by atoms with van der Waals surface area (Å²) in [6.45, 7) is 6.49. The fourth-order valence-electron chi connectivity index (χ4n) is 1.59. The third-order valence-electron chi connectivity index (χ3n) is 2.70. The van der Waals surface area contributed by atoms with Crippen molar-refractivity contribution in [3.63, 3.8) is 0 Å². The Bertz CT molecular complexity index is 538. The summed E-state index contributed by atoms with van der Waals surface area (Å²) in [4.78, 5) is 20.7. The van der Waals surface area contributed by atoms with Crippen molar-refractivity contribution < 1.29 is 19.2 Å². The topological polar surface area (TPSA) is 92.5 Å². The number of benzene rings is 1. The van der Waals surface area contributed by atoms with E-state index >= 15 is 0 Å². The molecule has 6 nitrogen and oxygen atoms in total. The normalized spacial score (nSPS) is 11.2. The molecule has 0 aliphatic heterocycles. The van der Waals surface area contributed by atoms with Crippen LogP contribution in [-0.2, 0) is 0 Å². The zero-order chi connectivity index (χ0) is 15.5. The van der Waals surface area contributed by atoms with Gasteiger partial charge in [-0.25, -0.2) is 9.18 Å². The first kappa shape index (κ1) is 15.9. The number of carboxylic acid groups (broad SMARTS) is 1. The molecule has 0 spiro atoms. The van der Waals surface area contributed by atoms with Gasteiger partial charge >= 0.3 is 5.97 Å². The van der Waals surface area contributed by atoms with Crippen LogP contribution in [-0.4, -0.2) is 22.5 Å². The molecule has 0 amide bonds. The Morgan fingerprint density at radius 3 is 2.50 bits per heavy atom. The number of hydrogen-bond donors (Lipinski definition) is 2. The number of carboxylic acids is 1. The largest absolute Gasteiger partial charge is 0.477 e. The molecule has 0 fully saturated rings. The monoisotopic (exact) mass is 284 g/mol. The molecule has 0 aliphatic carbocycles. The van der Waals surface area contributed by atoms with Gasteiger partial charge in [0.05, 0.1) is 16.7 Å². The van der Waals surface area contributed by atoms with E-state index in [1.807, 2.05) is 20.8 Å². The third kappa shape index (κ3) is 4.18. The summed E-state index contributed by atoms with van der Waals surface area (Å²) in [6, 6.07) is 1.58. The molecule has 2 N–H and O–H groups in total. The van der Waals surface area contributed by atoms with Crippen molar-refractivity contribution in [3.8, 4) is 0 Å². The number of halogens is 1. The van der Waals surface area contributed by atoms with Gasteiger partial charge in [0, 0.05) is 6.54 Å². The minimum atomic E-state index is -1.46. The molecule has 0 aliphatic rings. The summed E-state index contributed by atoms with van der Waals surface area (Å²) in [5.74, 6) is -2.30. The molecule has 0 atom stereocenters. The van der Waals surface area contributed by atoms with Crippen LogP contribution in [0.5, 0.6) is 0 Å². The second-order valence-corrected chi connectivity index (χ2v) is 5.65. The lowest BCUT2D eigenvalue weighted by molar-refractivity contribution is -0.385. The van der Waals surface area contributed by atoms with Crippen molar-refractivity contribution in [3.05, 3.63) is 33.6 Å². The van der Waals surface area contributed by atoms with E-state index in [4.69, 9.17) is 5.11 Å². The number of nitrogens with zero attached hydrogens (tertiary/aromatic N) is 1. The lowest BCUT2D eigenvalue weighted by Gasteiger charge is -2.18. The van der Waals surface area contributed by atoms with Gasteiger partial charge in [-0.15, -0.1) is 0 Å². The van der Waals surface area contributed by atoms with Crippen LogP contribution < -0.4 is 5.32 Å². The smallest absolute Gasteiger partial charge is 0.342 e. The van der Waals surface area contributed by atoms with Gasteiger partial charge in [0.2, 0.25) is 0 Å². The van der Waals surface area contributed by atoms with Crippen molar-refractivity contribution in [2.45, 2.75) is 27.2 Å². The van der Waals surface area contributed by atoms with Crippen LogP contribution in [0, 0.1) is 21.3 Å². The molecular formula is C13H17FN2O4. The minimum absolute atomic E-state index is 0.0415. The van der Waals surface area contributed by atoms with Gasteiger partial charge in [0.1, 0.15) is 5.56 Å². The molecule has 0 saturated carbocycles.